The number of nitrogens with zero attached hydrogens (tertiary/aromatic N) is 1. The molecule has 4 nitrogen and oxygen atoms in total. The van der Waals surface area contributed by atoms with Crippen LogP contribution >= 0.6 is 11.8 Å². The van der Waals surface area contributed by atoms with Crippen LogP contribution in [0.2, 0.25) is 0 Å². The second kappa shape index (κ2) is 9.00. The predicted molar refractivity (Wildman–Crippen MR) is 63.3 cm³/mol. The summed E-state index contributed by atoms with van der Waals surface area (Å²) in [4.78, 5) is 13.7. The first-order chi connectivity index (χ1) is 7.17. The van der Waals surface area contributed by atoms with Crippen LogP contribution in [0.15, 0.2) is 0 Å². The van der Waals surface area contributed by atoms with Crippen molar-refractivity contribution in [3.8, 4) is 0 Å². The van der Waals surface area contributed by atoms with E-state index >= 15 is 0 Å². The van der Waals surface area contributed by atoms with E-state index in [1.54, 1.807) is 30.9 Å². The zero-order valence-corrected chi connectivity index (χ0v) is 10.8. The van der Waals surface area contributed by atoms with Gasteiger partial charge in [0.15, 0.2) is 0 Å². The van der Waals surface area contributed by atoms with Gasteiger partial charge in [0.1, 0.15) is 0 Å². The fourth-order valence-electron chi connectivity index (χ4n) is 1.09. The number of carbonyl (C=O) groups is 1. The van der Waals surface area contributed by atoms with Gasteiger partial charge in [-0.3, -0.25) is 4.79 Å². The fourth-order valence-corrected chi connectivity index (χ4v) is 1.44. The summed E-state index contributed by atoms with van der Waals surface area (Å²) in [6.45, 7) is 4.31. The van der Waals surface area contributed by atoms with Crippen LogP contribution in [0.4, 0.5) is 0 Å². The highest BCUT2D eigenvalue weighted by Crippen LogP contribution is 2.09. The molecule has 0 saturated carbocycles. The Balaban J connectivity index is 4.13. The molecule has 1 unspecified atom stereocenters. The van der Waals surface area contributed by atoms with Gasteiger partial charge in [0.25, 0.3) is 0 Å². The summed E-state index contributed by atoms with van der Waals surface area (Å²) in [7, 11) is 3.27. The molecule has 0 aromatic rings. The van der Waals surface area contributed by atoms with Gasteiger partial charge in [-0.15, -0.1) is 0 Å². The maximum Gasteiger partial charge on any atom is 0.235 e. The molecule has 90 valence electrons. The zero-order chi connectivity index (χ0) is 11.7. The number of methoxy groups -OCH3 is 2. The van der Waals surface area contributed by atoms with Gasteiger partial charge in [0.05, 0.1) is 18.5 Å². The average molecular weight is 235 g/mol. The normalized spacial score (nSPS) is 12.5. The SMILES string of the molecule is COCCN(CCOC)C(=O)C(C)SC. The Morgan fingerprint density at radius 1 is 1.27 bits per heavy atom. The Labute approximate surface area is 96.3 Å². The van der Waals surface area contributed by atoms with Crippen LogP contribution in [0.25, 0.3) is 0 Å². The molecule has 0 aliphatic rings. The molecule has 0 aliphatic heterocycles. The lowest BCUT2D eigenvalue weighted by molar-refractivity contribution is -0.131. The predicted octanol–water partition coefficient (Wildman–Crippen LogP) is 0.859. The van der Waals surface area contributed by atoms with Crippen molar-refractivity contribution in [1.82, 2.24) is 4.90 Å². The van der Waals surface area contributed by atoms with E-state index in [1.165, 1.54) is 0 Å². The van der Waals surface area contributed by atoms with E-state index in [-0.39, 0.29) is 11.2 Å². The van der Waals surface area contributed by atoms with Crippen LogP contribution in [0, 0.1) is 0 Å². The molecule has 1 amide bonds. The number of amides is 1. The topological polar surface area (TPSA) is 38.8 Å². The maximum atomic E-state index is 11.9. The largest absolute Gasteiger partial charge is 0.383 e. The molecule has 0 aromatic heterocycles. The second-order valence-electron chi connectivity index (χ2n) is 3.19. The minimum atomic E-state index is -0.00119. The van der Waals surface area contributed by atoms with Gasteiger partial charge >= 0.3 is 0 Å². The zero-order valence-electron chi connectivity index (χ0n) is 9.99. The average Bonchev–Trinajstić information content (AvgIpc) is 2.27. The van der Waals surface area contributed by atoms with Gasteiger partial charge in [-0.05, 0) is 13.2 Å². The summed E-state index contributed by atoms with van der Waals surface area (Å²) < 4.78 is 9.95. The van der Waals surface area contributed by atoms with Crippen LogP contribution in [0.5, 0.6) is 0 Å². The molecule has 0 N–H and O–H groups in total. The first-order valence-electron chi connectivity index (χ1n) is 4.96. The van der Waals surface area contributed by atoms with Crippen molar-refractivity contribution in [1.29, 1.82) is 0 Å². The molecular formula is C10H21NO3S. The summed E-state index contributed by atoms with van der Waals surface area (Å²) in [5.74, 6) is 0.150. The van der Waals surface area contributed by atoms with Crippen molar-refractivity contribution in [3.05, 3.63) is 0 Å². The number of hydrogen-bond acceptors (Lipinski definition) is 4. The molecule has 0 spiro atoms. The monoisotopic (exact) mass is 235 g/mol. The van der Waals surface area contributed by atoms with Crippen molar-refractivity contribution in [2.45, 2.75) is 12.2 Å². The minimum absolute atomic E-state index is 0.00119. The van der Waals surface area contributed by atoms with Crippen LogP contribution < -0.4 is 0 Å². The van der Waals surface area contributed by atoms with Gasteiger partial charge in [-0.1, -0.05) is 0 Å². The number of carbonyl (C=O) groups excluding carboxylic acids is 1. The van der Waals surface area contributed by atoms with Gasteiger partial charge in [0, 0.05) is 27.3 Å². The molecule has 0 saturated heterocycles. The van der Waals surface area contributed by atoms with Gasteiger partial charge in [0.2, 0.25) is 5.91 Å². The van der Waals surface area contributed by atoms with E-state index in [2.05, 4.69) is 0 Å². The Bertz CT molecular complexity index is 170. The van der Waals surface area contributed by atoms with Crippen LogP contribution in [0.3, 0.4) is 0 Å². The molecule has 5 heteroatoms. The number of hydrogen-bond donors (Lipinski definition) is 0. The third-order valence-corrected chi connectivity index (χ3v) is 3.05. The lowest BCUT2D eigenvalue weighted by atomic mass is 10.3. The van der Waals surface area contributed by atoms with Crippen molar-refractivity contribution < 1.29 is 14.3 Å². The summed E-state index contributed by atoms with van der Waals surface area (Å²) in [6.07, 6.45) is 1.94. The molecule has 0 radical (unpaired) electrons. The number of rotatable bonds is 8. The third-order valence-electron chi connectivity index (χ3n) is 2.14. The Kier molecular flexibility index (Phi) is 8.85. The van der Waals surface area contributed by atoms with Gasteiger partial charge in [-0.2, -0.15) is 11.8 Å². The van der Waals surface area contributed by atoms with Crippen molar-refractivity contribution in [2.24, 2.45) is 0 Å². The molecule has 0 bridgehead atoms. The Hall–Kier alpha value is -0.260. The highest BCUT2D eigenvalue weighted by Gasteiger charge is 2.18. The van der Waals surface area contributed by atoms with E-state index in [1.807, 2.05) is 13.2 Å². The molecule has 0 aliphatic carbocycles. The lowest BCUT2D eigenvalue weighted by Crippen LogP contribution is -2.40. The van der Waals surface area contributed by atoms with Gasteiger partial charge in [-0.25, -0.2) is 0 Å². The van der Waals surface area contributed by atoms with E-state index in [0.29, 0.717) is 26.3 Å². The Morgan fingerprint density at radius 2 is 1.73 bits per heavy atom. The van der Waals surface area contributed by atoms with Crippen molar-refractivity contribution in [3.63, 3.8) is 0 Å². The standard InChI is InChI=1S/C10H21NO3S/c1-9(15-4)10(12)11(5-7-13-2)6-8-14-3/h9H,5-8H2,1-4H3. The molecule has 1 atom stereocenters. The minimum Gasteiger partial charge on any atom is -0.383 e. The van der Waals surface area contributed by atoms with Gasteiger partial charge < -0.3 is 14.4 Å². The summed E-state index contributed by atoms with van der Waals surface area (Å²) >= 11 is 1.56. The maximum absolute atomic E-state index is 11.9. The summed E-state index contributed by atoms with van der Waals surface area (Å²) in [6, 6.07) is 0. The first-order valence-corrected chi connectivity index (χ1v) is 6.25. The smallest absolute Gasteiger partial charge is 0.235 e. The molecular weight excluding hydrogens is 214 g/mol. The van der Waals surface area contributed by atoms with Crippen LogP contribution in [-0.4, -0.2) is 62.8 Å². The quantitative estimate of drug-likeness (QED) is 0.625. The van der Waals surface area contributed by atoms with E-state index in [9.17, 15) is 4.79 Å². The van der Waals surface area contributed by atoms with E-state index in [4.69, 9.17) is 9.47 Å². The third kappa shape index (κ3) is 6.02. The molecule has 15 heavy (non-hydrogen) atoms. The highest BCUT2D eigenvalue weighted by atomic mass is 32.2. The fraction of sp³-hybridized carbons (Fsp3) is 0.900. The van der Waals surface area contributed by atoms with Crippen LogP contribution in [-0.2, 0) is 14.3 Å². The number of thioether (sulfide) groups is 1. The van der Waals surface area contributed by atoms with Crippen LogP contribution in [0.1, 0.15) is 6.92 Å². The molecule has 0 rings (SSSR count). The first kappa shape index (κ1) is 14.7. The molecule has 0 heterocycles. The molecule has 0 fully saturated rings. The van der Waals surface area contributed by atoms with Crippen molar-refractivity contribution in [2.75, 3.05) is 46.8 Å². The van der Waals surface area contributed by atoms with E-state index in [0.717, 1.165) is 0 Å². The lowest BCUT2D eigenvalue weighted by Gasteiger charge is -2.24. The highest BCUT2D eigenvalue weighted by molar-refractivity contribution is 7.99. The Morgan fingerprint density at radius 3 is 2.07 bits per heavy atom. The summed E-state index contributed by atoms with van der Waals surface area (Å²) in [5.41, 5.74) is 0. The molecule has 0 aromatic carbocycles. The van der Waals surface area contributed by atoms with Crippen molar-refractivity contribution >= 4 is 17.7 Å². The van der Waals surface area contributed by atoms with E-state index < -0.39 is 0 Å². The number of ether oxygens (including phenoxy) is 2. The second-order valence-corrected chi connectivity index (χ2v) is 4.37. The summed E-state index contributed by atoms with van der Waals surface area (Å²) in [5, 5.41) is -0.00119.